The average molecular weight is 519 g/mol. The first-order chi connectivity index (χ1) is 18.6. The van der Waals surface area contributed by atoms with Crippen LogP contribution in [0.1, 0.15) is 22.5 Å². The summed E-state index contributed by atoms with van der Waals surface area (Å²) in [5, 5.41) is 14.5. The Morgan fingerprint density at radius 2 is 1.84 bits per heavy atom. The highest BCUT2D eigenvalue weighted by Crippen LogP contribution is 2.29. The summed E-state index contributed by atoms with van der Waals surface area (Å²) in [6.45, 7) is 3.39. The molecule has 5 rings (SSSR count). The first-order valence-electron chi connectivity index (χ1n) is 13.0. The summed E-state index contributed by atoms with van der Waals surface area (Å²) >= 11 is 0. The molecule has 38 heavy (non-hydrogen) atoms. The van der Waals surface area contributed by atoms with Gasteiger partial charge in [-0.15, -0.1) is 0 Å². The lowest BCUT2D eigenvalue weighted by atomic mass is 10.1. The van der Waals surface area contributed by atoms with Crippen LogP contribution in [0.3, 0.4) is 0 Å². The van der Waals surface area contributed by atoms with Gasteiger partial charge >= 0.3 is 0 Å². The number of amides is 1. The lowest BCUT2D eigenvalue weighted by Gasteiger charge is -2.32. The van der Waals surface area contributed by atoms with Crippen LogP contribution >= 0.6 is 0 Å². The fourth-order valence-electron chi connectivity index (χ4n) is 5.09. The van der Waals surface area contributed by atoms with Gasteiger partial charge in [-0.05, 0) is 31.3 Å². The van der Waals surface area contributed by atoms with Gasteiger partial charge in [-0.2, -0.15) is 0 Å². The molecule has 0 bridgehead atoms. The monoisotopic (exact) mass is 518 g/mol. The number of pyridine rings is 1. The number of ether oxygens (including phenoxy) is 2. The second-order valence-corrected chi connectivity index (χ2v) is 9.69. The second-order valence-electron chi connectivity index (χ2n) is 9.69. The third-order valence-electron chi connectivity index (χ3n) is 7.13. The Morgan fingerprint density at radius 1 is 1.11 bits per heavy atom. The number of carbonyl (C=O) groups excluding carboxylic acids is 1. The number of anilines is 1. The van der Waals surface area contributed by atoms with E-state index < -0.39 is 12.2 Å². The maximum Gasteiger partial charge on any atom is 0.254 e. The summed E-state index contributed by atoms with van der Waals surface area (Å²) in [7, 11) is 1.96. The first kappa shape index (κ1) is 26.0. The molecule has 0 spiro atoms. The summed E-state index contributed by atoms with van der Waals surface area (Å²) in [5.74, 6) is 0.995. The van der Waals surface area contributed by atoms with Gasteiger partial charge in [0.1, 0.15) is 18.0 Å². The van der Waals surface area contributed by atoms with E-state index in [9.17, 15) is 9.90 Å². The van der Waals surface area contributed by atoms with Crippen molar-refractivity contribution in [2.24, 2.45) is 0 Å². The van der Waals surface area contributed by atoms with Gasteiger partial charge in [0.25, 0.3) is 5.91 Å². The molecule has 1 aliphatic heterocycles. The molecule has 10 heteroatoms. The Labute approximate surface area is 222 Å². The minimum atomic E-state index is -0.797. The van der Waals surface area contributed by atoms with Crippen molar-refractivity contribution in [2.75, 3.05) is 44.8 Å². The zero-order valence-corrected chi connectivity index (χ0v) is 21.5. The fraction of sp³-hybridized carbons (Fsp3) is 0.429. The molecule has 200 valence electrons. The number of rotatable bonds is 9. The third-order valence-corrected chi connectivity index (χ3v) is 7.13. The van der Waals surface area contributed by atoms with Gasteiger partial charge in [-0.25, -0.2) is 9.97 Å². The van der Waals surface area contributed by atoms with E-state index >= 15 is 0 Å². The van der Waals surface area contributed by atoms with E-state index in [-0.39, 0.29) is 18.0 Å². The number of morpholine rings is 1. The van der Waals surface area contributed by atoms with Crippen LogP contribution in [-0.2, 0) is 11.2 Å². The normalized spacial score (nSPS) is 23.4. The minimum Gasteiger partial charge on any atom is -0.488 e. The van der Waals surface area contributed by atoms with E-state index in [4.69, 9.17) is 9.47 Å². The Morgan fingerprint density at radius 3 is 2.55 bits per heavy atom. The van der Waals surface area contributed by atoms with Crippen LogP contribution in [0.4, 0.5) is 5.95 Å². The minimum absolute atomic E-state index is 0.279. The number of nitrogens with zero attached hydrogens (tertiary/aromatic N) is 5. The number of aliphatic hydroxyl groups excluding tert-OH is 1. The van der Waals surface area contributed by atoms with E-state index in [1.165, 1.54) is 0 Å². The summed E-state index contributed by atoms with van der Waals surface area (Å²) in [6, 6.07) is 14.6. The van der Waals surface area contributed by atoms with Crippen LogP contribution in [0.2, 0.25) is 0 Å². The van der Waals surface area contributed by atoms with Crippen molar-refractivity contribution in [1.29, 1.82) is 0 Å². The number of hydrogen-bond donors (Lipinski definition) is 2. The molecule has 2 aromatic heterocycles. The largest absolute Gasteiger partial charge is 0.488 e. The summed E-state index contributed by atoms with van der Waals surface area (Å²) in [4.78, 5) is 30.6. The van der Waals surface area contributed by atoms with E-state index in [0.29, 0.717) is 43.4 Å². The third kappa shape index (κ3) is 6.27. The Kier molecular flexibility index (Phi) is 8.42. The van der Waals surface area contributed by atoms with Gasteiger partial charge in [0.05, 0.1) is 30.9 Å². The number of nitrogens with one attached hydrogen (secondary N) is 1. The maximum atomic E-state index is 13.2. The molecule has 4 atom stereocenters. The molecule has 1 amide bonds. The van der Waals surface area contributed by atoms with Crippen molar-refractivity contribution < 1.29 is 19.4 Å². The molecule has 1 saturated heterocycles. The molecule has 1 saturated carbocycles. The lowest BCUT2D eigenvalue weighted by Crippen LogP contribution is -2.52. The van der Waals surface area contributed by atoms with Gasteiger partial charge in [0, 0.05) is 56.8 Å². The predicted octanol–water partition coefficient (Wildman–Crippen LogP) is 1.56. The fourth-order valence-corrected chi connectivity index (χ4v) is 5.09. The van der Waals surface area contributed by atoms with Gasteiger partial charge in [0.2, 0.25) is 5.95 Å². The molecule has 3 aromatic rings. The second kappa shape index (κ2) is 12.3. The highest BCUT2D eigenvalue weighted by Gasteiger charge is 2.46. The standard InChI is InChI=1S/C28H34N6O4/c1-33(12-10-21-7-5-6-11-29-21)25-23(17-24(26(25)35)38-22-8-3-2-4-9-22)32-27(36)20-18-30-28(31-19-20)34-13-15-37-16-14-34/h2-9,11,18-19,23-26,35H,10,12-17H2,1H3,(H,32,36)/t23-,24-,25+,26+/m1/s1. The Hall–Kier alpha value is -3.60. The quantitative estimate of drug-likeness (QED) is 0.436. The summed E-state index contributed by atoms with van der Waals surface area (Å²) in [6.07, 6.45) is 4.81. The van der Waals surface area contributed by atoms with Gasteiger partial charge < -0.3 is 24.8 Å². The zero-order valence-electron chi connectivity index (χ0n) is 21.5. The molecule has 10 nitrogen and oxygen atoms in total. The van der Waals surface area contributed by atoms with E-state index in [2.05, 4.69) is 25.2 Å². The van der Waals surface area contributed by atoms with Crippen molar-refractivity contribution in [3.63, 3.8) is 0 Å². The number of hydrogen-bond acceptors (Lipinski definition) is 9. The number of likely N-dealkylation sites (N-methyl/N-ethyl adjacent to an activating group) is 1. The first-order valence-corrected chi connectivity index (χ1v) is 13.0. The van der Waals surface area contributed by atoms with Crippen molar-refractivity contribution in [3.05, 3.63) is 78.4 Å². The van der Waals surface area contributed by atoms with Crippen LogP contribution < -0.4 is 15.0 Å². The molecule has 2 N–H and O–H groups in total. The van der Waals surface area contributed by atoms with Crippen molar-refractivity contribution in [3.8, 4) is 5.75 Å². The molecule has 2 fully saturated rings. The van der Waals surface area contributed by atoms with Gasteiger partial charge in [-0.1, -0.05) is 24.3 Å². The SMILES string of the molecule is CN(CCc1ccccn1)[C@@H]1[C@@H](O)[C@H](Oc2ccccc2)C[C@H]1NC(=O)c1cnc(N2CCOCC2)nc1. The summed E-state index contributed by atoms with van der Waals surface area (Å²) < 4.78 is 11.5. The molecule has 2 aliphatic rings. The molecule has 1 aliphatic carbocycles. The van der Waals surface area contributed by atoms with E-state index in [0.717, 1.165) is 25.2 Å². The predicted molar refractivity (Wildman–Crippen MR) is 142 cm³/mol. The van der Waals surface area contributed by atoms with Gasteiger partial charge in [0.15, 0.2) is 0 Å². The Bertz CT molecular complexity index is 1160. The summed E-state index contributed by atoms with van der Waals surface area (Å²) in [5.41, 5.74) is 1.35. The highest BCUT2D eigenvalue weighted by atomic mass is 16.5. The van der Waals surface area contributed by atoms with Crippen molar-refractivity contribution >= 4 is 11.9 Å². The lowest BCUT2D eigenvalue weighted by molar-refractivity contribution is 0.0148. The molecule has 3 heterocycles. The van der Waals surface area contributed by atoms with Crippen LogP contribution in [0.5, 0.6) is 5.75 Å². The smallest absolute Gasteiger partial charge is 0.254 e. The average Bonchev–Trinajstić information content (AvgIpc) is 3.27. The van der Waals surface area contributed by atoms with Gasteiger partial charge in [-0.3, -0.25) is 14.7 Å². The van der Waals surface area contributed by atoms with Crippen LogP contribution in [0.25, 0.3) is 0 Å². The molecule has 1 aromatic carbocycles. The molecular weight excluding hydrogens is 484 g/mol. The Balaban J connectivity index is 1.28. The number of para-hydroxylation sites is 1. The molecule has 0 radical (unpaired) electrons. The number of aliphatic hydroxyl groups is 1. The highest BCUT2D eigenvalue weighted by molar-refractivity contribution is 5.94. The zero-order chi connectivity index (χ0) is 26.3. The van der Waals surface area contributed by atoms with E-state index in [1.807, 2.05) is 60.5 Å². The number of carbonyl (C=O) groups is 1. The van der Waals surface area contributed by atoms with Crippen LogP contribution in [-0.4, -0.2) is 95.1 Å². The van der Waals surface area contributed by atoms with Crippen LogP contribution in [0, 0.1) is 0 Å². The topological polar surface area (TPSA) is 113 Å². The number of aromatic nitrogens is 3. The maximum absolute atomic E-state index is 13.2. The van der Waals surface area contributed by atoms with Crippen molar-refractivity contribution in [2.45, 2.75) is 37.1 Å². The van der Waals surface area contributed by atoms with Crippen LogP contribution in [0.15, 0.2) is 67.1 Å². The van der Waals surface area contributed by atoms with E-state index in [1.54, 1.807) is 18.6 Å². The molecule has 0 unspecified atom stereocenters. The number of benzene rings is 1. The molecular formula is C28H34N6O4. The van der Waals surface area contributed by atoms with Crippen molar-refractivity contribution in [1.82, 2.24) is 25.2 Å².